The zero-order valence-corrected chi connectivity index (χ0v) is 12.7. The molecule has 1 heterocycles. The summed E-state index contributed by atoms with van der Waals surface area (Å²) in [7, 11) is 0. The molecule has 21 heavy (non-hydrogen) atoms. The minimum atomic E-state index is -0.924. The molecular weight excluding hydrogens is 290 g/mol. The quantitative estimate of drug-likeness (QED) is 0.842. The van der Waals surface area contributed by atoms with E-state index >= 15 is 0 Å². The Morgan fingerprint density at radius 2 is 2.24 bits per heavy atom. The highest BCUT2D eigenvalue weighted by Crippen LogP contribution is 2.38. The van der Waals surface area contributed by atoms with Crippen molar-refractivity contribution in [2.75, 3.05) is 11.9 Å². The van der Waals surface area contributed by atoms with Crippen molar-refractivity contribution in [2.24, 2.45) is 5.41 Å². The Morgan fingerprint density at radius 3 is 2.86 bits per heavy atom. The molecule has 7 heteroatoms. The fraction of sp³-hybridized carbons (Fsp3) is 0.571. The lowest BCUT2D eigenvalue weighted by Gasteiger charge is -2.17. The molecule has 1 aliphatic carbocycles. The number of nitrogens with zero attached hydrogens (tertiary/aromatic N) is 2. The number of hydrogen-bond acceptors (Lipinski definition) is 6. The summed E-state index contributed by atoms with van der Waals surface area (Å²) in [4.78, 5) is 27.8. The Morgan fingerprint density at radius 1 is 1.52 bits per heavy atom. The van der Waals surface area contributed by atoms with Crippen molar-refractivity contribution < 1.29 is 14.3 Å². The van der Waals surface area contributed by atoms with Gasteiger partial charge >= 0.3 is 5.97 Å². The smallest absolute Gasteiger partial charge is 0.311 e. The summed E-state index contributed by atoms with van der Waals surface area (Å²) < 4.78 is 4.85. The molecule has 2 rings (SSSR count). The van der Waals surface area contributed by atoms with Gasteiger partial charge in [0, 0.05) is 5.38 Å². The molecule has 1 N–H and O–H groups in total. The number of nitriles is 1. The summed E-state index contributed by atoms with van der Waals surface area (Å²) in [6.45, 7) is 2.07. The van der Waals surface area contributed by atoms with Crippen molar-refractivity contribution >= 4 is 28.3 Å². The molecule has 0 spiro atoms. The van der Waals surface area contributed by atoms with E-state index in [4.69, 9.17) is 4.74 Å². The molecule has 0 saturated heterocycles. The van der Waals surface area contributed by atoms with E-state index in [2.05, 4.69) is 16.4 Å². The van der Waals surface area contributed by atoms with E-state index in [1.807, 2.05) is 0 Å². The highest BCUT2D eigenvalue weighted by molar-refractivity contribution is 7.13. The molecule has 0 aliphatic heterocycles. The first-order valence-corrected chi connectivity index (χ1v) is 7.80. The first kappa shape index (κ1) is 15.4. The molecule has 1 saturated carbocycles. The van der Waals surface area contributed by atoms with Gasteiger partial charge < -0.3 is 10.1 Å². The molecule has 0 unspecified atom stereocenters. The van der Waals surface area contributed by atoms with Gasteiger partial charge in [-0.3, -0.25) is 9.59 Å². The summed E-state index contributed by atoms with van der Waals surface area (Å²) >= 11 is 1.25. The highest BCUT2D eigenvalue weighted by atomic mass is 32.1. The van der Waals surface area contributed by atoms with Crippen LogP contribution < -0.4 is 5.32 Å². The SMILES string of the molecule is CCOC(=O)Cc1csc(NC(=O)C2(C#N)CCCC2)n1. The van der Waals surface area contributed by atoms with Crippen LogP contribution in [0, 0.1) is 16.7 Å². The van der Waals surface area contributed by atoms with Gasteiger partial charge in [-0.2, -0.15) is 5.26 Å². The van der Waals surface area contributed by atoms with Gasteiger partial charge in [-0.15, -0.1) is 11.3 Å². The molecule has 0 atom stereocenters. The number of carbonyl (C=O) groups is 2. The summed E-state index contributed by atoms with van der Waals surface area (Å²) in [5.74, 6) is -0.635. The van der Waals surface area contributed by atoms with Crippen LogP contribution in [0.25, 0.3) is 0 Å². The standard InChI is InChI=1S/C14H17N3O3S/c1-2-20-11(18)7-10-8-21-13(16-10)17-12(19)14(9-15)5-3-4-6-14/h8H,2-7H2,1H3,(H,16,17,19). The second-order valence-corrected chi connectivity index (χ2v) is 5.84. The topological polar surface area (TPSA) is 92.1 Å². The molecule has 0 aromatic carbocycles. The first-order valence-electron chi connectivity index (χ1n) is 6.92. The highest BCUT2D eigenvalue weighted by Gasteiger charge is 2.41. The van der Waals surface area contributed by atoms with Crippen LogP contribution >= 0.6 is 11.3 Å². The van der Waals surface area contributed by atoms with Crippen LogP contribution in [0.15, 0.2) is 5.38 Å². The maximum atomic E-state index is 12.2. The Balaban J connectivity index is 1.98. The lowest BCUT2D eigenvalue weighted by Crippen LogP contribution is -2.32. The maximum absolute atomic E-state index is 12.2. The van der Waals surface area contributed by atoms with Crippen LogP contribution in [0.2, 0.25) is 0 Å². The van der Waals surface area contributed by atoms with Gasteiger partial charge in [0.1, 0.15) is 5.41 Å². The third-order valence-corrected chi connectivity index (χ3v) is 4.32. The molecule has 1 aliphatic rings. The Bertz CT molecular complexity index is 570. The number of amides is 1. The molecule has 0 bridgehead atoms. The monoisotopic (exact) mass is 307 g/mol. The second-order valence-electron chi connectivity index (χ2n) is 4.98. The zero-order chi connectivity index (χ0) is 15.3. The van der Waals surface area contributed by atoms with Crippen molar-refractivity contribution in [3.63, 3.8) is 0 Å². The first-order chi connectivity index (χ1) is 10.1. The van der Waals surface area contributed by atoms with Crippen LogP contribution in [0.1, 0.15) is 38.3 Å². The molecule has 112 valence electrons. The van der Waals surface area contributed by atoms with Crippen molar-refractivity contribution in [1.29, 1.82) is 5.26 Å². The van der Waals surface area contributed by atoms with Gasteiger partial charge in [0.05, 0.1) is 24.8 Å². The predicted octanol–water partition coefficient (Wildman–Crippen LogP) is 2.27. The average Bonchev–Trinajstić information content (AvgIpc) is 3.09. The summed E-state index contributed by atoms with van der Waals surface area (Å²) in [6, 6.07) is 2.14. The fourth-order valence-electron chi connectivity index (χ4n) is 2.39. The van der Waals surface area contributed by atoms with E-state index in [0.717, 1.165) is 12.8 Å². The van der Waals surface area contributed by atoms with Crippen LogP contribution in [0.5, 0.6) is 0 Å². The molecule has 1 fully saturated rings. The van der Waals surface area contributed by atoms with Gasteiger partial charge in [0.2, 0.25) is 5.91 Å². The van der Waals surface area contributed by atoms with E-state index in [-0.39, 0.29) is 18.3 Å². The number of anilines is 1. The van der Waals surface area contributed by atoms with Gasteiger partial charge in [-0.05, 0) is 19.8 Å². The molecule has 0 radical (unpaired) electrons. The van der Waals surface area contributed by atoms with Crippen molar-refractivity contribution in [1.82, 2.24) is 4.98 Å². The number of carbonyl (C=O) groups excluding carboxylic acids is 2. The normalized spacial score (nSPS) is 16.2. The Kier molecular flexibility index (Phi) is 4.91. The zero-order valence-electron chi connectivity index (χ0n) is 11.8. The number of esters is 1. The van der Waals surface area contributed by atoms with Crippen LogP contribution in [-0.2, 0) is 20.7 Å². The minimum absolute atomic E-state index is 0.0869. The van der Waals surface area contributed by atoms with E-state index in [9.17, 15) is 14.9 Å². The lowest BCUT2D eigenvalue weighted by atomic mass is 9.87. The maximum Gasteiger partial charge on any atom is 0.311 e. The second kappa shape index (κ2) is 6.68. The Labute approximate surface area is 127 Å². The van der Waals surface area contributed by atoms with Crippen LogP contribution in [-0.4, -0.2) is 23.5 Å². The number of thiazole rings is 1. The summed E-state index contributed by atoms with van der Waals surface area (Å²) in [5.41, 5.74) is -0.362. The van der Waals surface area contributed by atoms with Crippen LogP contribution in [0.4, 0.5) is 5.13 Å². The number of rotatable bonds is 5. The van der Waals surface area contributed by atoms with E-state index in [0.29, 0.717) is 30.3 Å². The number of nitrogens with one attached hydrogen (secondary N) is 1. The van der Waals surface area contributed by atoms with Gasteiger partial charge in [0.25, 0.3) is 0 Å². The fourth-order valence-corrected chi connectivity index (χ4v) is 3.10. The van der Waals surface area contributed by atoms with Crippen molar-refractivity contribution in [3.8, 4) is 6.07 Å². The largest absolute Gasteiger partial charge is 0.466 e. The van der Waals surface area contributed by atoms with Gasteiger partial charge in [-0.25, -0.2) is 4.98 Å². The van der Waals surface area contributed by atoms with E-state index in [1.165, 1.54) is 11.3 Å². The number of aromatic nitrogens is 1. The Hall–Kier alpha value is -1.94. The number of hydrogen-bond donors (Lipinski definition) is 1. The molecule has 1 amide bonds. The molecule has 6 nitrogen and oxygen atoms in total. The lowest BCUT2D eigenvalue weighted by molar-refractivity contribution is -0.142. The van der Waals surface area contributed by atoms with Gasteiger partial charge in [0.15, 0.2) is 5.13 Å². The van der Waals surface area contributed by atoms with E-state index < -0.39 is 5.41 Å². The molecule has 1 aromatic heterocycles. The third kappa shape index (κ3) is 3.58. The molecular formula is C14H17N3O3S. The third-order valence-electron chi connectivity index (χ3n) is 3.51. The van der Waals surface area contributed by atoms with Crippen molar-refractivity contribution in [2.45, 2.75) is 39.0 Å². The predicted molar refractivity (Wildman–Crippen MR) is 77.6 cm³/mol. The van der Waals surface area contributed by atoms with Crippen molar-refractivity contribution in [3.05, 3.63) is 11.1 Å². The summed E-state index contributed by atoms with van der Waals surface area (Å²) in [6.07, 6.45) is 3.07. The minimum Gasteiger partial charge on any atom is -0.466 e. The van der Waals surface area contributed by atoms with E-state index in [1.54, 1.807) is 12.3 Å². The average molecular weight is 307 g/mol. The van der Waals surface area contributed by atoms with Crippen LogP contribution in [0.3, 0.4) is 0 Å². The number of ether oxygens (including phenoxy) is 1. The summed E-state index contributed by atoms with van der Waals surface area (Å²) in [5, 5.41) is 14.1. The molecule has 1 aromatic rings. The van der Waals surface area contributed by atoms with Gasteiger partial charge in [-0.1, -0.05) is 12.8 Å².